The second-order valence-electron chi connectivity index (χ2n) is 9.08. The zero-order valence-corrected chi connectivity index (χ0v) is 20.6. The van der Waals surface area contributed by atoms with Crippen molar-refractivity contribution >= 4 is 27.5 Å². The van der Waals surface area contributed by atoms with E-state index in [1.165, 1.54) is 28.9 Å². The third kappa shape index (κ3) is 5.75. The van der Waals surface area contributed by atoms with Gasteiger partial charge in [0.15, 0.2) is 0 Å². The van der Waals surface area contributed by atoms with Crippen molar-refractivity contribution in [2.45, 2.75) is 58.4 Å². The number of likely N-dealkylation sites (tertiary alicyclic amines) is 1. The van der Waals surface area contributed by atoms with E-state index in [1.54, 1.807) is 13.8 Å². The Bertz CT molecular complexity index is 843. The first-order valence-corrected chi connectivity index (χ1v) is 12.6. The average molecular weight is 458 g/mol. The quantitative estimate of drug-likeness (QED) is 0.643. The van der Waals surface area contributed by atoms with Gasteiger partial charge in [0.25, 0.3) is 5.91 Å². The third-order valence-corrected chi connectivity index (χ3v) is 8.31. The molecular weight excluding hydrogens is 422 g/mol. The highest BCUT2D eigenvalue weighted by molar-refractivity contribution is 7.89. The van der Waals surface area contributed by atoms with Crippen LogP contribution in [0.3, 0.4) is 0 Å². The fourth-order valence-corrected chi connectivity index (χ4v) is 5.90. The molecule has 1 aliphatic heterocycles. The predicted molar refractivity (Wildman–Crippen MR) is 122 cm³/mol. The summed E-state index contributed by atoms with van der Waals surface area (Å²) in [5, 5.41) is 3.21. The first-order chi connectivity index (χ1) is 13.9. The van der Waals surface area contributed by atoms with Gasteiger partial charge in [-0.1, -0.05) is 39.3 Å². The van der Waals surface area contributed by atoms with Crippen molar-refractivity contribution in [1.82, 2.24) is 14.5 Å². The minimum absolute atomic E-state index is 0.0821. The molecule has 0 aromatic heterocycles. The lowest BCUT2D eigenvalue weighted by Crippen LogP contribution is -2.56. The summed E-state index contributed by atoms with van der Waals surface area (Å²) in [7, 11) is -3.66. The second kappa shape index (κ2) is 9.98. The Morgan fingerprint density at radius 1 is 1.20 bits per heavy atom. The Labute approximate surface area is 187 Å². The van der Waals surface area contributed by atoms with Gasteiger partial charge in [-0.15, -0.1) is 0 Å². The highest BCUT2D eigenvalue weighted by Gasteiger charge is 2.33. The Balaban J connectivity index is 2.17. The van der Waals surface area contributed by atoms with Gasteiger partial charge in [0.2, 0.25) is 10.0 Å². The molecule has 6 nitrogen and oxygen atoms in total. The molecule has 1 aliphatic rings. The molecular formula is C22H36ClN3O3S. The van der Waals surface area contributed by atoms with Gasteiger partial charge >= 0.3 is 0 Å². The lowest BCUT2D eigenvalue weighted by atomic mass is 9.88. The number of amides is 1. The maximum Gasteiger partial charge on any atom is 0.252 e. The second-order valence-corrected chi connectivity index (χ2v) is 11.4. The van der Waals surface area contributed by atoms with E-state index in [2.05, 4.69) is 37.9 Å². The molecule has 30 heavy (non-hydrogen) atoms. The number of nitrogens with one attached hydrogen (secondary N) is 1. The van der Waals surface area contributed by atoms with Crippen molar-refractivity contribution in [3.63, 3.8) is 0 Å². The fourth-order valence-electron chi connectivity index (χ4n) is 4.21. The summed E-state index contributed by atoms with van der Waals surface area (Å²) >= 11 is 6.25. The van der Waals surface area contributed by atoms with Crippen molar-refractivity contribution in [2.24, 2.45) is 11.8 Å². The zero-order valence-electron chi connectivity index (χ0n) is 19.0. The van der Waals surface area contributed by atoms with E-state index in [-0.39, 0.29) is 26.9 Å². The average Bonchev–Trinajstić information content (AvgIpc) is 2.66. The van der Waals surface area contributed by atoms with Crippen LogP contribution in [0.15, 0.2) is 23.1 Å². The summed E-state index contributed by atoms with van der Waals surface area (Å²) < 4.78 is 27.0. The van der Waals surface area contributed by atoms with Crippen LogP contribution in [0.1, 0.15) is 58.3 Å². The van der Waals surface area contributed by atoms with Crippen LogP contribution in [0.25, 0.3) is 0 Å². The number of hydrogen-bond donors (Lipinski definition) is 1. The highest BCUT2D eigenvalue weighted by atomic mass is 35.5. The van der Waals surface area contributed by atoms with E-state index in [0.717, 1.165) is 13.1 Å². The van der Waals surface area contributed by atoms with E-state index in [4.69, 9.17) is 11.6 Å². The minimum Gasteiger partial charge on any atom is -0.350 e. The highest BCUT2D eigenvalue weighted by Crippen LogP contribution is 2.27. The van der Waals surface area contributed by atoms with Crippen LogP contribution in [0, 0.1) is 11.8 Å². The monoisotopic (exact) mass is 457 g/mol. The molecule has 2 unspecified atom stereocenters. The van der Waals surface area contributed by atoms with Gasteiger partial charge < -0.3 is 5.32 Å². The maximum atomic E-state index is 12.9. The number of carbonyl (C=O) groups is 1. The molecule has 2 atom stereocenters. The molecule has 1 saturated heterocycles. The van der Waals surface area contributed by atoms with E-state index in [0.29, 0.717) is 31.5 Å². The number of nitrogens with zero attached hydrogens (tertiary/aromatic N) is 2. The first-order valence-electron chi connectivity index (χ1n) is 10.7. The van der Waals surface area contributed by atoms with Crippen LogP contribution in [-0.4, -0.2) is 61.8 Å². The number of benzene rings is 1. The van der Waals surface area contributed by atoms with E-state index in [9.17, 15) is 13.2 Å². The van der Waals surface area contributed by atoms with Crippen LogP contribution in [-0.2, 0) is 10.0 Å². The molecule has 170 valence electrons. The number of piperidine rings is 1. The van der Waals surface area contributed by atoms with Crippen molar-refractivity contribution in [2.75, 3.05) is 32.7 Å². The Kier molecular flexibility index (Phi) is 8.36. The first kappa shape index (κ1) is 25.1. The van der Waals surface area contributed by atoms with Crippen molar-refractivity contribution in [3.05, 3.63) is 28.8 Å². The normalized spacial score (nSPS) is 21.1. The topological polar surface area (TPSA) is 69.7 Å². The Hall–Kier alpha value is -1.15. The molecule has 0 aliphatic carbocycles. The summed E-state index contributed by atoms with van der Waals surface area (Å²) in [6, 6.07) is 4.31. The summed E-state index contributed by atoms with van der Waals surface area (Å²) in [4.78, 5) is 15.4. The van der Waals surface area contributed by atoms with Gasteiger partial charge in [-0.3, -0.25) is 9.69 Å². The summed E-state index contributed by atoms with van der Waals surface area (Å²) in [5.74, 6) is 0.892. The van der Waals surface area contributed by atoms with Gasteiger partial charge in [0, 0.05) is 38.3 Å². The van der Waals surface area contributed by atoms with Gasteiger partial charge in [-0.2, -0.15) is 4.31 Å². The molecule has 1 aromatic carbocycles. The number of halogens is 1. The molecule has 0 bridgehead atoms. The van der Waals surface area contributed by atoms with E-state index < -0.39 is 10.0 Å². The number of rotatable bonds is 8. The fraction of sp³-hybridized carbons (Fsp3) is 0.682. The van der Waals surface area contributed by atoms with Crippen molar-refractivity contribution in [1.29, 1.82) is 0 Å². The minimum atomic E-state index is -3.66. The Morgan fingerprint density at radius 2 is 1.77 bits per heavy atom. The largest absolute Gasteiger partial charge is 0.350 e. The molecule has 0 spiro atoms. The van der Waals surface area contributed by atoms with Gasteiger partial charge in [0.05, 0.1) is 15.5 Å². The van der Waals surface area contributed by atoms with E-state index in [1.807, 2.05) is 0 Å². The summed E-state index contributed by atoms with van der Waals surface area (Å²) in [6.45, 7) is 15.5. The molecule has 0 radical (unpaired) electrons. The van der Waals surface area contributed by atoms with Crippen molar-refractivity contribution < 1.29 is 13.2 Å². The lowest BCUT2D eigenvalue weighted by Gasteiger charge is -2.45. The van der Waals surface area contributed by atoms with E-state index >= 15 is 0 Å². The maximum absolute atomic E-state index is 12.9. The molecule has 1 heterocycles. The molecule has 1 N–H and O–H groups in total. The lowest BCUT2D eigenvalue weighted by molar-refractivity contribution is 0.0445. The van der Waals surface area contributed by atoms with Gasteiger partial charge in [-0.25, -0.2) is 8.42 Å². The molecule has 0 saturated carbocycles. The molecule has 2 rings (SSSR count). The van der Waals surface area contributed by atoms with Crippen molar-refractivity contribution in [3.8, 4) is 0 Å². The SMILES string of the molecule is CCN(CC)S(=O)(=O)c1ccc(Cl)c(C(=O)NCC(C)(C)N2CC(C)CC(C)C2)c1. The standard InChI is InChI=1S/C22H36ClN3O3S/c1-7-26(8-2)30(28,29)18-9-10-20(23)19(12-18)21(27)24-15-22(5,6)25-13-16(3)11-17(4)14-25/h9-10,12,16-17H,7-8,11,13-15H2,1-6H3,(H,24,27). The zero-order chi connectivity index (χ0) is 22.7. The summed E-state index contributed by atoms with van der Waals surface area (Å²) in [6.07, 6.45) is 1.22. The Morgan fingerprint density at radius 3 is 2.30 bits per heavy atom. The van der Waals surface area contributed by atoms with Crippen LogP contribution in [0.2, 0.25) is 5.02 Å². The van der Waals surface area contributed by atoms with Crippen LogP contribution in [0.4, 0.5) is 0 Å². The molecule has 1 fully saturated rings. The number of carbonyl (C=O) groups excluding carboxylic acids is 1. The van der Waals surface area contributed by atoms with Gasteiger partial charge in [-0.05, 0) is 50.3 Å². The van der Waals surface area contributed by atoms with Crippen LogP contribution < -0.4 is 5.32 Å². The summed E-state index contributed by atoms with van der Waals surface area (Å²) in [5.41, 5.74) is -0.0308. The van der Waals surface area contributed by atoms with Crippen LogP contribution >= 0.6 is 11.6 Å². The van der Waals surface area contributed by atoms with Crippen LogP contribution in [0.5, 0.6) is 0 Å². The third-order valence-electron chi connectivity index (χ3n) is 5.93. The van der Waals surface area contributed by atoms with Gasteiger partial charge in [0.1, 0.15) is 0 Å². The number of sulfonamides is 1. The molecule has 1 aromatic rings. The molecule has 8 heteroatoms. The molecule has 1 amide bonds. The smallest absolute Gasteiger partial charge is 0.252 e. The predicted octanol–water partition coefficient (Wildman–Crippen LogP) is 3.86. The number of hydrogen-bond acceptors (Lipinski definition) is 4.